The number of rotatable bonds is 4. The van der Waals surface area contributed by atoms with E-state index in [1.807, 2.05) is 19.1 Å². The van der Waals surface area contributed by atoms with Crippen molar-refractivity contribution in [2.75, 3.05) is 26.5 Å². The highest BCUT2D eigenvalue weighted by atomic mass is 16.5. The average Bonchev–Trinajstić information content (AvgIpc) is 2.27. The largest absolute Gasteiger partial charge is 0.497 e. The fourth-order valence-corrected chi connectivity index (χ4v) is 1.36. The summed E-state index contributed by atoms with van der Waals surface area (Å²) < 4.78 is 10.5. The zero-order valence-corrected chi connectivity index (χ0v) is 9.41. The van der Waals surface area contributed by atoms with E-state index in [0.717, 1.165) is 5.56 Å². The third-order valence-electron chi connectivity index (χ3n) is 2.62. The Morgan fingerprint density at radius 3 is 2.40 bits per heavy atom. The van der Waals surface area contributed by atoms with Gasteiger partial charge in [-0.15, -0.1) is 0 Å². The first-order valence-corrected chi connectivity index (χ1v) is 4.76. The van der Waals surface area contributed by atoms with Gasteiger partial charge in [0.2, 0.25) is 0 Å². The van der Waals surface area contributed by atoms with Crippen molar-refractivity contribution < 1.29 is 9.47 Å². The van der Waals surface area contributed by atoms with Crippen molar-refractivity contribution in [1.82, 2.24) is 0 Å². The molecular formula is C11H18N2O2. The number of nitrogens with two attached hydrogens (primary N) is 2. The molecule has 4 N–H and O–H groups in total. The Labute approximate surface area is 90.2 Å². The molecule has 1 atom stereocenters. The summed E-state index contributed by atoms with van der Waals surface area (Å²) >= 11 is 0. The van der Waals surface area contributed by atoms with E-state index in [1.165, 1.54) is 0 Å². The van der Waals surface area contributed by atoms with Crippen molar-refractivity contribution in [2.24, 2.45) is 5.73 Å². The molecule has 1 aromatic rings. The Balaban J connectivity index is 3.18. The molecule has 0 radical (unpaired) electrons. The Kier molecular flexibility index (Phi) is 3.55. The fourth-order valence-electron chi connectivity index (χ4n) is 1.36. The Morgan fingerprint density at radius 1 is 1.27 bits per heavy atom. The molecule has 0 spiro atoms. The molecule has 84 valence electrons. The van der Waals surface area contributed by atoms with Crippen LogP contribution in [0.5, 0.6) is 5.75 Å². The maximum absolute atomic E-state index is 5.76. The Bertz CT molecular complexity index is 335. The predicted octanol–water partition coefficient (Wildman–Crippen LogP) is 1.10. The quantitative estimate of drug-likeness (QED) is 0.730. The number of ether oxygens (including phenoxy) is 2. The molecule has 1 rings (SSSR count). The summed E-state index contributed by atoms with van der Waals surface area (Å²) in [6.07, 6.45) is 0. The summed E-state index contributed by atoms with van der Waals surface area (Å²) in [7, 11) is 3.23. The lowest BCUT2D eigenvalue weighted by molar-refractivity contribution is 0.00997. The maximum atomic E-state index is 5.76. The highest BCUT2D eigenvalue weighted by molar-refractivity contribution is 5.49. The van der Waals surface area contributed by atoms with Crippen LogP contribution in [0.3, 0.4) is 0 Å². The normalized spacial score (nSPS) is 14.7. The molecular weight excluding hydrogens is 192 g/mol. The van der Waals surface area contributed by atoms with Gasteiger partial charge in [0.15, 0.2) is 0 Å². The summed E-state index contributed by atoms with van der Waals surface area (Å²) in [4.78, 5) is 0. The third-order valence-corrected chi connectivity index (χ3v) is 2.62. The lowest BCUT2D eigenvalue weighted by Crippen LogP contribution is -2.33. The minimum atomic E-state index is -0.525. The fraction of sp³-hybridized carbons (Fsp3) is 0.455. The van der Waals surface area contributed by atoms with E-state index in [4.69, 9.17) is 20.9 Å². The number of nitrogen functional groups attached to an aromatic ring is 1. The number of methoxy groups -OCH3 is 2. The van der Waals surface area contributed by atoms with Gasteiger partial charge in [-0.2, -0.15) is 0 Å². The van der Waals surface area contributed by atoms with Gasteiger partial charge >= 0.3 is 0 Å². The van der Waals surface area contributed by atoms with Crippen LogP contribution in [-0.4, -0.2) is 20.8 Å². The molecule has 0 heterocycles. The zero-order chi connectivity index (χ0) is 11.5. The first-order valence-electron chi connectivity index (χ1n) is 4.76. The molecule has 0 saturated carbocycles. The minimum absolute atomic E-state index is 0.385. The van der Waals surface area contributed by atoms with E-state index in [2.05, 4.69) is 0 Å². The van der Waals surface area contributed by atoms with Gasteiger partial charge < -0.3 is 20.9 Å². The zero-order valence-electron chi connectivity index (χ0n) is 9.41. The van der Waals surface area contributed by atoms with Crippen LogP contribution >= 0.6 is 0 Å². The van der Waals surface area contributed by atoms with E-state index >= 15 is 0 Å². The standard InChI is InChI=1S/C11H18N2O2/c1-11(7-12,15-3)8-4-9(13)6-10(5-8)14-2/h4-6H,7,12-13H2,1-3H3. The van der Waals surface area contributed by atoms with Crippen LogP contribution in [0, 0.1) is 0 Å². The van der Waals surface area contributed by atoms with Crippen molar-refractivity contribution in [3.63, 3.8) is 0 Å². The van der Waals surface area contributed by atoms with E-state index in [-0.39, 0.29) is 0 Å². The number of hydrogen-bond donors (Lipinski definition) is 2. The number of anilines is 1. The summed E-state index contributed by atoms with van der Waals surface area (Å²) in [5, 5.41) is 0. The monoisotopic (exact) mass is 210 g/mol. The molecule has 4 nitrogen and oxygen atoms in total. The molecule has 0 saturated heterocycles. The van der Waals surface area contributed by atoms with Gasteiger partial charge in [-0.1, -0.05) is 0 Å². The van der Waals surface area contributed by atoms with E-state index in [9.17, 15) is 0 Å². The molecule has 1 unspecified atom stereocenters. The second-order valence-corrected chi connectivity index (χ2v) is 3.63. The lowest BCUT2D eigenvalue weighted by atomic mass is 9.95. The van der Waals surface area contributed by atoms with Gasteiger partial charge in [0.1, 0.15) is 11.4 Å². The predicted molar refractivity (Wildman–Crippen MR) is 60.8 cm³/mol. The van der Waals surface area contributed by atoms with Crippen molar-refractivity contribution in [1.29, 1.82) is 0 Å². The average molecular weight is 210 g/mol. The summed E-state index contributed by atoms with van der Waals surface area (Å²) in [6, 6.07) is 5.49. The Hall–Kier alpha value is -1.26. The summed E-state index contributed by atoms with van der Waals surface area (Å²) in [5.41, 5.74) is 12.5. The van der Waals surface area contributed by atoms with Crippen LogP contribution in [0.15, 0.2) is 18.2 Å². The topological polar surface area (TPSA) is 70.5 Å². The molecule has 0 bridgehead atoms. The smallest absolute Gasteiger partial charge is 0.121 e. The summed E-state index contributed by atoms with van der Waals surface area (Å²) in [6.45, 7) is 2.30. The van der Waals surface area contributed by atoms with Gasteiger partial charge in [0, 0.05) is 25.4 Å². The molecule has 0 aliphatic carbocycles. The first kappa shape index (κ1) is 11.8. The molecule has 0 fully saturated rings. The SMILES string of the molecule is COc1cc(N)cc(C(C)(CN)OC)c1. The van der Waals surface area contributed by atoms with Gasteiger partial charge in [-0.05, 0) is 24.6 Å². The van der Waals surface area contributed by atoms with Gasteiger partial charge in [-0.25, -0.2) is 0 Å². The molecule has 4 heteroatoms. The molecule has 0 aromatic heterocycles. The molecule has 0 amide bonds. The summed E-state index contributed by atoms with van der Waals surface area (Å²) in [5.74, 6) is 0.710. The van der Waals surface area contributed by atoms with Crippen LogP contribution in [0.25, 0.3) is 0 Å². The number of benzene rings is 1. The minimum Gasteiger partial charge on any atom is -0.497 e. The van der Waals surface area contributed by atoms with Crippen molar-refractivity contribution in [2.45, 2.75) is 12.5 Å². The first-order chi connectivity index (χ1) is 7.05. The molecule has 15 heavy (non-hydrogen) atoms. The van der Waals surface area contributed by atoms with Crippen LogP contribution in [0.1, 0.15) is 12.5 Å². The second kappa shape index (κ2) is 4.51. The highest BCUT2D eigenvalue weighted by Crippen LogP contribution is 2.29. The van der Waals surface area contributed by atoms with Crippen LogP contribution in [-0.2, 0) is 10.3 Å². The van der Waals surface area contributed by atoms with Crippen LogP contribution in [0.2, 0.25) is 0 Å². The van der Waals surface area contributed by atoms with Gasteiger partial charge in [0.05, 0.1) is 7.11 Å². The highest BCUT2D eigenvalue weighted by Gasteiger charge is 2.25. The molecule has 0 aliphatic rings. The van der Waals surface area contributed by atoms with E-state index in [1.54, 1.807) is 20.3 Å². The lowest BCUT2D eigenvalue weighted by Gasteiger charge is -2.27. The Morgan fingerprint density at radius 2 is 1.93 bits per heavy atom. The maximum Gasteiger partial charge on any atom is 0.121 e. The van der Waals surface area contributed by atoms with Crippen molar-refractivity contribution in [3.8, 4) is 5.75 Å². The van der Waals surface area contributed by atoms with E-state index < -0.39 is 5.60 Å². The van der Waals surface area contributed by atoms with E-state index in [0.29, 0.717) is 18.0 Å². The van der Waals surface area contributed by atoms with Crippen LogP contribution in [0.4, 0.5) is 5.69 Å². The molecule has 1 aromatic carbocycles. The van der Waals surface area contributed by atoms with Crippen molar-refractivity contribution >= 4 is 5.69 Å². The van der Waals surface area contributed by atoms with Crippen LogP contribution < -0.4 is 16.2 Å². The number of hydrogen-bond acceptors (Lipinski definition) is 4. The van der Waals surface area contributed by atoms with Crippen molar-refractivity contribution in [3.05, 3.63) is 23.8 Å². The second-order valence-electron chi connectivity index (χ2n) is 3.63. The third kappa shape index (κ3) is 2.40. The van der Waals surface area contributed by atoms with Gasteiger partial charge in [0.25, 0.3) is 0 Å². The molecule has 0 aliphatic heterocycles. The van der Waals surface area contributed by atoms with Gasteiger partial charge in [-0.3, -0.25) is 0 Å².